The van der Waals surface area contributed by atoms with Gasteiger partial charge in [0, 0.05) is 129 Å². The fraction of sp³-hybridized carbons (Fsp3) is 0.321. The van der Waals surface area contributed by atoms with E-state index in [1.54, 1.807) is 0 Å². The van der Waals surface area contributed by atoms with Crippen LogP contribution in [0.4, 0.5) is 22.7 Å². The predicted molar refractivity (Wildman–Crippen MR) is 321 cm³/mol. The molecule has 17 heteroatoms. The molecule has 0 unspecified atom stereocenters. The number of hydrogen-bond donors (Lipinski definition) is 2. The number of rotatable bonds is 16. The second-order valence-electron chi connectivity index (χ2n) is 17.7. The highest BCUT2D eigenvalue weighted by atomic mass is 35.5. The average molecular weight is 1120 g/mol. The maximum absolute atomic E-state index is 12.5. The Kier molecular flexibility index (Phi) is 33.3. The molecule has 73 heavy (non-hydrogen) atoms. The summed E-state index contributed by atoms with van der Waals surface area (Å²) in [6.45, 7) is 9.41. The van der Waals surface area contributed by atoms with E-state index in [2.05, 4.69) is 152 Å². The molecule has 0 saturated carbocycles. The Morgan fingerprint density at radius 1 is 0.411 bits per heavy atom. The van der Waals surface area contributed by atoms with E-state index in [0.29, 0.717) is 12.8 Å². The van der Waals surface area contributed by atoms with Crippen molar-refractivity contribution in [2.75, 3.05) is 114 Å². The summed E-state index contributed by atoms with van der Waals surface area (Å²) >= 11 is 0. The largest absolute Gasteiger partial charge is 0.412 e. The molecule has 0 bridgehead atoms. The topological polar surface area (TPSA) is 109 Å². The molecule has 2 amide bonds. The van der Waals surface area contributed by atoms with Crippen LogP contribution in [0.5, 0.6) is 0 Å². The molecule has 8 rings (SSSR count). The molecule has 400 valence electrons. The van der Waals surface area contributed by atoms with Crippen molar-refractivity contribution in [3.63, 3.8) is 0 Å². The SMILES string of the molecule is CN(C)c1cccc(NC(=O)CCN2CCN(C(c3ccccc3)c3ccccc3)CC2)c1.CN(C)c1cccc(NC(=O)CCN2CCN(C(c3ccccc3)c3ccccc3)CC2)c1.Cl.Cl.Cl.Cl.Cl.Cl.O. The Hall–Kier alpha value is -4.60. The number of amides is 2. The van der Waals surface area contributed by atoms with Crippen molar-refractivity contribution in [1.82, 2.24) is 19.6 Å². The molecule has 0 radical (unpaired) electrons. The lowest BCUT2D eigenvalue weighted by Crippen LogP contribution is -2.48. The lowest BCUT2D eigenvalue weighted by Gasteiger charge is -2.39. The zero-order valence-corrected chi connectivity index (χ0v) is 47.2. The molecule has 6 aromatic rings. The second kappa shape index (κ2) is 35.6. The van der Waals surface area contributed by atoms with E-state index < -0.39 is 0 Å². The van der Waals surface area contributed by atoms with E-state index in [4.69, 9.17) is 0 Å². The molecule has 11 nitrogen and oxygen atoms in total. The molecule has 0 spiro atoms. The van der Waals surface area contributed by atoms with E-state index in [9.17, 15) is 9.59 Å². The minimum atomic E-state index is 0. The molecule has 2 aliphatic heterocycles. The normalized spacial score (nSPS) is 13.5. The molecule has 0 aromatic heterocycles. The van der Waals surface area contributed by atoms with E-state index in [1.807, 2.05) is 86.5 Å². The van der Waals surface area contributed by atoms with Crippen LogP contribution in [-0.2, 0) is 9.59 Å². The van der Waals surface area contributed by atoms with E-state index >= 15 is 0 Å². The highest BCUT2D eigenvalue weighted by molar-refractivity contribution is 5.92. The first-order valence-corrected chi connectivity index (χ1v) is 23.5. The predicted octanol–water partition coefficient (Wildman–Crippen LogP) is 10.7. The molecule has 6 aromatic carbocycles. The Morgan fingerprint density at radius 3 is 0.945 bits per heavy atom. The highest BCUT2D eigenvalue weighted by Crippen LogP contribution is 2.31. The average Bonchev–Trinajstić information content (AvgIpc) is 3.35. The molecule has 0 atom stereocenters. The lowest BCUT2D eigenvalue weighted by molar-refractivity contribution is -0.117. The molecular formula is C56H76Cl6N8O3. The molecule has 4 N–H and O–H groups in total. The summed E-state index contributed by atoms with van der Waals surface area (Å²) in [5, 5.41) is 6.09. The summed E-state index contributed by atoms with van der Waals surface area (Å²) in [7, 11) is 8.00. The van der Waals surface area contributed by atoms with Gasteiger partial charge >= 0.3 is 0 Å². The summed E-state index contributed by atoms with van der Waals surface area (Å²) < 4.78 is 0. The van der Waals surface area contributed by atoms with Crippen LogP contribution in [0.25, 0.3) is 0 Å². The highest BCUT2D eigenvalue weighted by Gasteiger charge is 2.28. The van der Waals surface area contributed by atoms with E-state index in [-0.39, 0.29) is 104 Å². The smallest absolute Gasteiger partial charge is 0.225 e. The number of piperazine rings is 2. The number of carbonyl (C=O) groups is 2. The third-order valence-electron chi connectivity index (χ3n) is 12.6. The van der Waals surface area contributed by atoms with Gasteiger partial charge < -0.3 is 35.7 Å². The van der Waals surface area contributed by atoms with Gasteiger partial charge in [0.25, 0.3) is 0 Å². The standard InChI is InChI=1S/2C28H34N4O.6ClH.H2O/c2*1-30(2)26-15-9-14-25(22-26)29-27(33)16-17-31-18-20-32(21-19-31)28(23-10-5-3-6-11-23)24-12-7-4-8-13-24;;;;;;;/h2*3-15,22,28H,16-21H2,1-2H3,(H,29,33);6*1H;1H2. The third kappa shape index (κ3) is 20.9. The van der Waals surface area contributed by atoms with Gasteiger partial charge in [0.1, 0.15) is 0 Å². The molecular weight excluding hydrogens is 1050 g/mol. The Labute approximate surface area is 471 Å². The van der Waals surface area contributed by atoms with Crippen LogP contribution < -0.4 is 20.4 Å². The van der Waals surface area contributed by atoms with Crippen LogP contribution in [0, 0.1) is 0 Å². The van der Waals surface area contributed by atoms with Crippen LogP contribution in [-0.4, -0.2) is 131 Å². The number of carbonyl (C=O) groups excluding carboxylic acids is 2. The van der Waals surface area contributed by atoms with Crippen molar-refractivity contribution in [3.8, 4) is 0 Å². The van der Waals surface area contributed by atoms with Gasteiger partial charge in [-0.15, -0.1) is 74.4 Å². The van der Waals surface area contributed by atoms with Crippen LogP contribution in [0.3, 0.4) is 0 Å². The quantitative estimate of drug-likeness (QED) is 0.0987. The number of nitrogens with one attached hydrogen (secondary N) is 2. The van der Waals surface area contributed by atoms with Gasteiger partial charge in [0.2, 0.25) is 11.8 Å². The summed E-state index contributed by atoms with van der Waals surface area (Å²) in [5.41, 5.74) is 9.18. The van der Waals surface area contributed by atoms with Gasteiger partial charge in [-0.05, 0) is 58.7 Å². The fourth-order valence-corrected chi connectivity index (χ4v) is 8.95. The Morgan fingerprint density at radius 2 is 0.685 bits per heavy atom. The first-order chi connectivity index (χ1) is 32.2. The van der Waals surface area contributed by atoms with Gasteiger partial charge in [0.05, 0.1) is 12.1 Å². The summed E-state index contributed by atoms with van der Waals surface area (Å²) in [6.07, 6.45) is 1.01. The molecule has 2 aliphatic rings. The maximum Gasteiger partial charge on any atom is 0.225 e. The first-order valence-electron chi connectivity index (χ1n) is 23.5. The van der Waals surface area contributed by atoms with Crippen molar-refractivity contribution in [2.24, 2.45) is 0 Å². The first kappa shape index (κ1) is 68.4. The molecule has 0 aliphatic carbocycles. The summed E-state index contributed by atoms with van der Waals surface area (Å²) in [6, 6.07) is 59.5. The number of benzene rings is 6. The molecule has 2 saturated heterocycles. The van der Waals surface area contributed by atoms with Crippen molar-refractivity contribution in [1.29, 1.82) is 0 Å². The van der Waals surface area contributed by atoms with Crippen LogP contribution in [0.1, 0.15) is 47.2 Å². The van der Waals surface area contributed by atoms with E-state index in [1.165, 1.54) is 22.3 Å². The van der Waals surface area contributed by atoms with Crippen molar-refractivity contribution < 1.29 is 15.1 Å². The summed E-state index contributed by atoms with van der Waals surface area (Å²) in [4.78, 5) is 39.0. The third-order valence-corrected chi connectivity index (χ3v) is 12.6. The van der Waals surface area contributed by atoms with Crippen molar-refractivity contribution >= 4 is 109 Å². The maximum atomic E-state index is 12.5. The van der Waals surface area contributed by atoms with Gasteiger partial charge in [-0.1, -0.05) is 133 Å². The number of nitrogens with zero attached hydrogens (tertiary/aromatic N) is 6. The fourth-order valence-electron chi connectivity index (χ4n) is 8.95. The minimum Gasteiger partial charge on any atom is -0.412 e. The van der Waals surface area contributed by atoms with Crippen molar-refractivity contribution in [3.05, 3.63) is 192 Å². The van der Waals surface area contributed by atoms with E-state index in [0.717, 1.165) is 88.2 Å². The Bertz CT molecular complexity index is 2150. The van der Waals surface area contributed by atoms with Crippen LogP contribution in [0.15, 0.2) is 170 Å². The van der Waals surface area contributed by atoms with Gasteiger partial charge in [-0.25, -0.2) is 0 Å². The minimum absolute atomic E-state index is 0. The Balaban J connectivity index is 0.00000130. The monoisotopic (exact) mass is 1120 g/mol. The molecule has 2 heterocycles. The number of halogens is 6. The number of anilines is 4. The number of hydrogen-bond acceptors (Lipinski definition) is 8. The summed E-state index contributed by atoms with van der Waals surface area (Å²) in [5.74, 6) is 0.138. The van der Waals surface area contributed by atoms with Gasteiger partial charge in [-0.3, -0.25) is 19.4 Å². The zero-order chi connectivity index (χ0) is 46.1. The van der Waals surface area contributed by atoms with Gasteiger partial charge in [0.15, 0.2) is 0 Å². The second-order valence-corrected chi connectivity index (χ2v) is 17.7. The van der Waals surface area contributed by atoms with Crippen LogP contribution >= 0.6 is 74.4 Å². The van der Waals surface area contributed by atoms with Crippen molar-refractivity contribution in [2.45, 2.75) is 24.9 Å². The molecule has 2 fully saturated rings. The van der Waals surface area contributed by atoms with Gasteiger partial charge in [-0.2, -0.15) is 0 Å². The zero-order valence-electron chi connectivity index (χ0n) is 42.3. The van der Waals surface area contributed by atoms with Crippen LogP contribution in [0.2, 0.25) is 0 Å². The lowest BCUT2D eigenvalue weighted by atomic mass is 9.96.